The number of ether oxygens (including phenoxy) is 1. The second-order valence-corrected chi connectivity index (χ2v) is 10.3. The van der Waals surface area contributed by atoms with Gasteiger partial charge in [-0.25, -0.2) is 9.79 Å². The highest BCUT2D eigenvalue weighted by Crippen LogP contribution is 2.44. The highest BCUT2D eigenvalue weighted by atomic mass is 32.2. The molecule has 1 atom stereocenters. The number of aliphatic imine (C=N–C) groups is 1. The van der Waals surface area contributed by atoms with E-state index >= 15 is 0 Å². The number of amides is 1. The van der Waals surface area contributed by atoms with Crippen LogP contribution in [0.15, 0.2) is 88.0 Å². The summed E-state index contributed by atoms with van der Waals surface area (Å²) in [5, 5.41) is 2.78. The van der Waals surface area contributed by atoms with Crippen LogP contribution in [0.2, 0.25) is 0 Å². The van der Waals surface area contributed by atoms with Crippen molar-refractivity contribution in [1.82, 2.24) is 14.7 Å². The topological polar surface area (TPSA) is 65.5 Å². The average molecular weight is 517 g/mol. The van der Waals surface area contributed by atoms with Crippen LogP contribution in [0.25, 0.3) is 0 Å². The van der Waals surface area contributed by atoms with Crippen LogP contribution in [0.4, 0.5) is 0 Å². The molecule has 0 aliphatic carbocycles. The van der Waals surface area contributed by atoms with Gasteiger partial charge < -0.3 is 14.5 Å². The van der Waals surface area contributed by atoms with E-state index in [2.05, 4.69) is 29.2 Å². The first-order chi connectivity index (χ1) is 18.0. The second kappa shape index (κ2) is 11.4. The summed E-state index contributed by atoms with van der Waals surface area (Å²) in [6.45, 7) is 6.05. The van der Waals surface area contributed by atoms with Crippen LogP contribution in [0.5, 0.6) is 0 Å². The van der Waals surface area contributed by atoms with E-state index in [0.29, 0.717) is 11.3 Å². The molecule has 3 heterocycles. The lowest BCUT2D eigenvalue weighted by molar-refractivity contribution is -0.136. The first-order valence-corrected chi connectivity index (χ1v) is 13.5. The summed E-state index contributed by atoms with van der Waals surface area (Å²) in [6, 6.07) is 20.0. The highest BCUT2D eigenvalue weighted by molar-refractivity contribution is 8.16. The lowest BCUT2D eigenvalue weighted by atomic mass is 9.94. The first-order valence-electron chi connectivity index (χ1n) is 12.7. The number of amidine groups is 1. The fraction of sp³-hybridized carbons (Fsp3) is 0.345. The highest BCUT2D eigenvalue weighted by Gasteiger charge is 2.41. The van der Waals surface area contributed by atoms with Gasteiger partial charge in [-0.3, -0.25) is 9.69 Å². The Balaban J connectivity index is 1.25. The minimum absolute atomic E-state index is 0.105. The molecule has 3 aliphatic heterocycles. The molecule has 0 radical (unpaired) electrons. The van der Waals surface area contributed by atoms with E-state index in [1.807, 2.05) is 58.5 Å². The number of rotatable bonds is 7. The van der Waals surface area contributed by atoms with Crippen LogP contribution in [0.1, 0.15) is 30.5 Å². The summed E-state index contributed by atoms with van der Waals surface area (Å²) < 4.78 is 5.13. The molecule has 192 valence electrons. The van der Waals surface area contributed by atoms with Crippen molar-refractivity contribution in [2.75, 3.05) is 39.8 Å². The molecule has 1 unspecified atom stereocenters. The number of thioether (sulfide) groups is 1. The van der Waals surface area contributed by atoms with Gasteiger partial charge in [0, 0.05) is 38.4 Å². The summed E-state index contributed by atoms with van der Waals surface area (Å²) in [6.07, 6.45) is 1.29. The molecule has 0 spiro atoms. The third-order valence-electron chi connectivity index (χ3n) is 7.14. The molecule has 2 aromatic carbocycles. The van der Waals surface area contributed by atoms with Crippen LogP contribution in [0.3, 0.4) is 0 Å². The van der Waals surface area contributed by atoms with Gasteiger partial charge in [0.05, 0.1) is 30.8 Å². The van der Waals surface area contributed by atoms with Crippen molar-refractivity contribution in [2.24, 2.45) is 4.99 Å². The summed E-state index contributed by atoms with van der Waals surface area (Å²) in [4.78, 5) is 37.3. The number of carbonyl (C=O) groups excluding carboxylic acids is 2. The minimum atomic E-state index is -0.400. The van der Waals surface area contributed by atoms with E-state index in [1.54, 1.807) is 0 Å². The predicted molar refractivity (Wildman–Crippen MR) is 147 cm³/mol. The molecular formula is C29H32N4O3S. The molecule has 0 aromatic heterocycles. The van der Waals surface area contributed by atoms with Gasteiger partial charge in [0.25, 0.3) is 0 Å². The first kappa shape index (κ1) is 25.3. The maximum Gasteiger partial charge on any atom is 0.338 e. The molecule has 5 rings (SSSR count). The molecule has 0 saturated carbocycles. The Morgan fingerprint density at radius 1 is 1.00 bits per heavy atom. The quantitative estimate of drug-likeness (QED) is 0.514. The number of piperazine rings is 1. The van der Waals surface area contributed by atoms with E-state index in [4.69, 9.17) is 9.73 Å². The number of esters is 1. The third-order valence-corrected chi connectivity index (χ3v) is 8.03. The van der Waals surface area contributed by atoms with Crippen LogP contribution in [-0.4, -0.2) is 71.6 Å². The van der Waals surface area contributed by atoms with Gasteiger partial charge in [-0.2, -0.15) is 0 Å². The number of nitrogens with zero attached hydrogens (tertiary/aromatic N) is 4. The van der Waals surface area contributed by atoms with Crippen molar-refractivity contribution < 1.29 is 14.3 Å². The summed E-state index contributed by atoms with van der Waals surface area (Å²) in [5.74, 6) is -0.295. The zero-order valence-electron chi connectivity index (χ0n) is 21.3. The molecular weight excluding hydrogens is 484 g/mol. The molecule has 8 heteroatoms. The monoisotopic (exact) mass is 516 g/mol. The zero-order valence-corrected chi connectivity index (χ0v) is 22.1. The van der Waals surface area contributed by atoms with Gasteiger partial charge in [-0.15, -0.1) is 0 Å². The number of benzene rings is 2. The Bertz CT molecular complexity index is 1230. The maximum atomic E-state index is 13.4. The van der Waals surface area contributed by atoms with Crippen molar-refractivity contribution in [2.45, 2.75) is 25.8 Å². The van der Waals surface area contributed by atoms with E-state index in [1.165, 1.54) is 24.4 Å². The Hall–Kier alpha value is -3.36. The Kier molecular flexibility index (Phi) is 7.76. The van der Waals surface area contributed by atoms with Gasteiger partial charge in [0.15, 0.2) is 5.17 Å². The Labute approximate surface area is 222 Å². The lowest BCUT2D eigenvalue weighted by Crippen LogP contribution is -2.49. The SMILES string of the molecule is COC(=O)C1=C(C)N=C2SC=C(CC(=O)N3CCN(CCc4ccccc4)CC3)N2C1c1ccccc1. The normalized spacial score (nSPS) is 19.9. The van der Waals surface area contributed by atoms with E-state index in [-0.39, 0.29) is 18.4 Å². The number of carbonyl (C=O) groups is 2. The van der Waals surface area contributed by atoms with Crippen LogP contribution in [-0.2, 0) is 20.7 Å². The molecule has 0 bridgehead atoms. The number of methoxy groups -OCH3 is 1. The molecule has 1 fully saturated rings. The molecule has 1 amide bonds. The molecule has 2 aromatic rings. The van der Waals surface area contributed by atoms with Crippen LogP contribution < -0.4 is 0 Å². The largest absolute Gasteiger partial charge is 0.466 e. The van der Waals surface area contributed by atoms with E-state index < -0.39 is 5.97 Å². The van der Waals surface area contributed by atoms with Gasteiger partial charge in [0.2, 0.25) is 5.91 Å². The lowest BCUT2D eigenvalue weighted by Gasteiger charge is -2.38. The van der Waals surface area contributed by atoms with Gasteiger partial charge in [-0.1, -0.05) is 72.4 Å². The van der Waals surface area contributed by atoms with Crippen molar-refractivity contribution in [3.8, 4) is 0 Å². The number of hydrogen-bond donors (Lipinski definition) is 0. The van der Waals surface area contributed by atoms with Crippen molar-refractivity contribution in [3.63, 3.8) is 0 Å². The summed E-state index contributed by atoms with van der Waals surface area (Å²) >= 11 is 1.50. The number of allylic oxidation sites excluding steroid dienone is 1. The van der Waals surface area contributed by atoms with Crippen LogP contribution in [0, 0.1) is 0 Å². The van der Waals surface area contributed by atoms with Gasteiger partial charge >= 0.3 is 5.97 Å². The predicted octanol–water partition coefficient (Wildman–Crippen LogP) is 4.21. The van der Waals surface area contributed by atoms with Crippen molar-refractivity contribution >= 4 is 28.8 Å². The molecule has 7 nitrogen and oxygen atoms in total. The molecule has 1 saturated heterocycles. The van der Waals surface area contributed by atoms with Gasteiger partial charge in [-0.05, 0) is 29.9 Å². The Morgan fingerprint density at radius 3 is 2.35 bits per heavy atom. The number of fused-ring (bicyclic) bond motifs is 1. The molecule has 0 N–H and O–H groups in total. The Morgan fingerprint density at radius 2 is 1.68 bits per heavy atom. The zero-order chi connectivity index (χ0) is 25.8. The molecule has 3 aliphatic rings. The third kappa shape index (κ3) is 5.50. The maximum absolute atomic E-state index is 13.4. The summed E-state index contributed by atoms with van der Waals surface area (Å²) in [7, 11) is 1.39. The molecule has 37 heavy (non-hydrogen) atoms. The minimum Gasteiger partial charge on any atom is -0.466 e. The van der Waals surface area contributed by atoms with E-state index in [9.17, 15) is 9.59 Å². The van der Waals surface area contributed by atoms with Crippen LogP contribution >= 0.6 is 11.8 Å². The summed E-state index contributed by atoms with van der Waals surface area (Å²) in [5.41, 5.74) is 4.32. The fourth-order valence-electron chi connectivity index (χ4n) is 5.11. The van der Waals surface area contributed by atoms with Crippen molar-refractivity contribution in [1.29, 1.82) is 0 Å². The average Bonchev–Trinajstić information content (AvgIpc) is 3.33. The van der Waals surface area contributed by atoms with Crippen molar-refractivity contribution in [3.05, 3.63) is 94.2 Å². The fourth-order valence-corrected chi connectivity index (χ4v) is 6.08. The second-order valence-electron chi connectivity index (χ2n) is 9.43. The van der Waals surface area contributed by atoms with Gasteiger partial charge in [0.1, 0.15) is 0 Å². The number of hydrogen-bond acceptors (Lipinski definition) is 7. The smallest absolute Gasteiger partial charge is 0.338 e. The standard InChI is InChI=1S/C29H32N4O3S/c1-21-26(28(35)36-2)27(23-11-7-4-8-12-23)33-24(20-37-29(33)30-21)19-25(34)32-17-15-31(16-18-32)14-13-22-9-5-3-6-10-22/h3-12,20,27H,13-19H2,1-2H3. The van der Waals surface area contributed by atoms with E-state index in [0.717, 1.165) is 55.6 Å².